The number of hydrogen-bond acceptors (Lipinski definition) is 6. The predicted octanol–water partition coefficient (Wildman–Crippen LogP) is 6.01. The van der Waals surface area contributed by atoms with Crippen molar-refractivity contribution in [2.24, 2.45) is 0 Å². The third-order valence-corrected chi connectivity index (χ3v) is 8.31. The molecular weight excluding hydrogens is 589 g/mol. The summed E-state index contributed by atoms with van der Waals surface area (Å²) in [7, 11) is -1.39. The van der Waals surface area contributed by atoms with E-state index < -0.39 is 8.07 Å². The Balaban J connectivity index is 1.26. The molecule has 0 bridgehead atoms. The van der Waals surface area contributed by atoms with Crippen LogP contribution in [0.25, 0.3) is 0 Å². The highest BCUT2D eigenvalue weighted by atomic mass is 28.3. The average Bonchev–Trinajstić information content (AvgIpc) is 3.05. The van der Waals surface area contributed by atoms with Gasteiger partial charge in [0.05, 0.1) is 52.9 Å². The van der Waals surface area contributed by atoms with Crippen LogP contribution in [0.2, 0.25) is 19.6 Å². The summed E-state index contributed by atoms with van der Waals surface area (Å²) in [6.45, 7) is 17.9. The molecule has 0 saturated carbocycles. The Labute approximate surface area is 278 Å². The molecule has 1 saturated heterocycles. The molecule has 1 heterocycles. The van der Waals surface area contributed by atoms with Gasteiger partial charge in [0, 0.05) is 55.1 Å². The van der Waals surface area contributed by atoms with Crippen molar-refractivity contribution in [3.63, 3.8) is 0 Å². The molecule has 0 radical (unpaired) electrons. The Morgan fingerprint density at radius 1 is 0.543 bits per heavy atom. The van der Waals surface area contributed by atoms with Crippen molar-refractivity contribution in [3.8, 4) is 23.3 Å². The fourth-order valence-electron chi connectivity index (χ4n) is 4.77. The van der Waals surface area contributed by atoms with Crippen LogP contribution in [0, 0.1) is 30.2 Å². The van der Waals surface area contributed by atoms with Gasteiger partial charge in [0.25, 0.3) is 0 Å². The van der Waals surface area contributed by atoms with Crippen LogP contribution in [-0.4, -0.2) is 92.0 Å². The molecule has 0 amide bonds. The lowest BCUT2D eigenvalue weighted by molar-refractivity contribution is 0.0211. The first kappa shape index (κ1) is 35.5. The maximum atomic E-state index is 5.95. The maximum Gasteiger partial charge on any atom is 0.129 e. The molecule has 0 N–H and O–H groups in total. The number of ether oxygens (including phenoxy) is 4. The minimum absolute atomic E-state index is 0.575. The van der Waals surface area contributed by atoms with E-state index in [4.69, 9.17) is 18.9 Å². The molecule has 4 rings (SSSR count). The quantitative estimate of drug-likeness (QED) is 0.259. The van der Waals surface area contributed by atoms with E-state index in [0.29, 0.717) is 52.9 Å². The Hall–Kier alpha value is -3.40. The molecule has 1 aliphatic heterocycles. The van der Waals surface area contributed by atoms with E-state index >= 15 is 0 Å². The summed E-state index contributed by atoms with van der Waals surface area (Å²) >= 11 is 0. The first-order valence-electron chi connectivity index (χ1n) is 16.4. The lowest BCUT2D eigenvalue weighted by Crippen LogP contribution is -2.33. The Bertz CT molecular complexity index is 1410. The third kappa shape index (κ3) is 13.9. The summed E-state index contributed by atoms with van der Waals surface area (Å²) in [5.74, 6) is 9.87. The van der Waals surface area contributed by atoms with Crippen LogP contribution >= 0.6 is 0 Å². The maximum absolute atomic E-state index is 5.95. The van der Waals surface area contributed by atoms with Crippen molar-refractivity contribution < 1.29 is 18.9 Å². The van der Waals surface area contributed by atoms with Gasteiger partial charge in [-0.2, -0.15) is 0 Å². The molecule has 7 heteroatoms. The van der Waals surface area contributed by atoms with Crippen LogP contribution in [-0.2, 0) is 25.5 Å². The first-order chi connectivity index (χ1) is 22.3. The highest BCUT2D eigenvalue weighted by Crippen LogP contribution is 2.15. The Kier molecular flexibility index (Phi) is 14.9. The first-order valence-corrected chi connectivity index (χ1v) is 19.9. The molecule has 1 aliphatic rings. The van der Waals surface area contributed by atoms with Crippen molar-refractivity contribution in [1.29, 1.82) is 0 Å². The summed E-state index contributed by atoms with van der Waals surface area (Å²) in [4.78, 5) is 4.68. The fourth-order valence-corrected chi connectivity index (χ4v) is 5.29. The SMILES string of the molecule is Cc1ccc(CN2CCOCCOCCN(c3ccc(C#Cc4ccc(C#C[Si](C)(C)C)cc4)cc3)CCOCCOCC2)cc1. The van der Waals surface area contributed by atoms with Gasteiger partial charge in [-0.1, -0.05) is 67.2 Å². The molecule has 6 nitrogen and oxygen atoms in total. The van der Waals surface area contributed by atoms with Crippen LogP contribution in [0.5, 0.6) is 0 Å². The molecule has 0 aliphatic carbocycles. The van der Waals surface area contributed by atoms with Gasteiger partial charge in [-0.25, -0.2) is 0 Å². The number of rotatable bonds is 3. The van der Waals surface area contributed by atoms with E-state index in [1.54, 1.807) is 0 Å². The second-order valence-corrected chi connectivity index (χ2v) is 17.3. The molecule has 0 atom stereocenters. The van der Waals surface area contributed by atoms with Crippen molar-refractivity contribution >= 4 is 13.8 Å². The molecule has 0 aromatic heterocycles. The van der Waals surface area contributed by atoms with Crippen LogP contribution in [0.1, 0.15) is 27.8 Å². The van der Waals surface area contributed by atoms with E-state index in [-0.39, 0.29) is 0 Å². The number of hydrogen-bond donors (Lipinski definition) is 0. The lowest BCUT2D eigenvalue weighted by atomic mass is 10.1. The van der Waals surface area contributed by atoms with Crippen molar-refractivity contribution in [2.75, 3.05) is 83.9 Å². The van der Waals surface area contributed by atoms with E-state index in [1.165, 1.54) is 11.1 Å². The van der Waals surface area contributed by atoms with E-state index in [0.717, 1.165) is 55.1 Å². The number of benzene rings is 3. The van der Waals surface area contributed by atoms with Crippen molar-refractivity contribution in [2.45, 2.75) is 33.1 Å². The number of anilines is 1. The highest BCUT2D eigenvalue weighted by Gasteiger charge is 2.10. The molecular formula is C39H50N2O4Si. The average molecular weight is 639 g/mol. The smallest absolute Gasteiger partial charge is 0.129 e. The molecule has 1 fully saturated rings. The summed E-state index contributed by atoms with van der Waals surface area (Å²) in [6, 6.07) is 25.3. The van der Waals surface area contributed by atoms with Crippen molar-refractivity contribution in [1.82, 2.24) is 4.90 Å². The zero-order valence-corrected chi connectivity index (χ0v) is 29.1. The van der Waals surface area contributed by atoms with Gasteiger partial charge in [-0.3, -0.25) is 4.90 Å². The molecule has 0 spiro atoms. The van der Waals surface area contributed by atoms with E-state index in [1.807, 2.05) is 12.1 Å². The molecule has 3 aromatic rings. The van der Waals surface area contributed by atoms with E-state index in [9.17, 15) is 0 Å². The predicted molar refractivity (Wildman–Crippen MR) is 191 cm³/mol. The van der Waals surface area contributed by atoms with Crippen molar-refractivity contribution in [3.05, 3.63) is 101 Å². The summed E-state index contributed by atoms with van der Waals surface area (Å²) in [6.07, 6.45) is 0. The van der Waals surface area contributed by atoms with Gasteiger partial charge in [0.1, 0.15) is 8.07 Å². The second kappa shape index (κ2) is 19.3. The standard InChI is InChI=1S/C39H50N2O4Si/c1-34-5-7-38(8-6-34)33-40-20-24-42-28-30-44-26-22-41(23-27-45-31-29-43-25-21-40)39-17-15-36(16-18-39)10-9-35-11-13-37(14-12-35)19-32-46(2,3)4/h5-8,11-18H,20-31,33H2,1-4H3. The third-order valence-electron chi connectivity index (χ3n) is 7.44. The lowest BCUT2D eigenvalue weighted by Gasteiger charge is -2.25. The minimum atomic E-state index is -1.39. The molecule has 244 valence electrons. The fraction of sp³-hybridized carbons (Fsp3) is 0.436. The number of nitrogens with zero attached hydrogens (tertiary/aromatic N) is 2. The Morgan fingerprint density at radius 2 is 0.978 bits per heavy atom. The number of aryl methyl sites for hydroxylation is 1. The summed E-state index contributed by atoms with van der Waals surface area (Å²) in [5, 5.41) is 0. The minimum Gasteiger partial charge on any atom is -0.378 e. The van der Waals surface area contributed by atoms with Gasteiger partial charge in [0.2, 0.25) is 0 Å². The highest BCUT2D eigenvalue weighted by molar-refractivity contribution is 6.83. The van der Waals surface area contributed by atoms with Crippen LogP contribution in [0.3, 0.4) is 0 Å². The second-order valence-electron chi connectivity index (χ2n) is 12.6. The van der Waals surface area contributed by atoms with Gasteiger partial charge in [-0.05, 0) is 61.0 Å². The molecule has 46 heavy (non-hydrogen) atoms. The zero-order valence-electron chi connectivity index (χ0n) is 28.1. The summed E-state index contributed by atoms with van der Waals surface area (Å²) in [5.41, 5.74) is 10.1. The topological polar surface area (TPSA) is 43.4 Å². The normalized spacial score (nSPS) is 16.7. The van der Waals surface area contributed by atoms with Gasteiger partial charge >= 0.3 is 0 Å². The monoisotopic (exact) mass is 638 g/mol. The summed E-state index contributed by atoms with van der Waals surface area (Å²) < 4.78 is 23.7. The molecule has 3 aromatic carbocycles. The van der Waals surface area contributed by atoms with Crippen LogP contribution in [0.4, 0.5) is 5.69 Å². The van der Waals surface area contributed by atoms with Crippen LogP contribution in [0.15, 0.2) is 72.8 Å². The van der Waals surface area contributed by atoms with Crippen LogP contribution < -0.4 is 4.90 Å². The largest absolute Gasteiger partial charge is 0.378 e. The Morgan fingerprint density at radius 3 is 1.46 bits per heavy atom. The van der Waals surface area contributed by atoms with Gasteiger partial charge in [-0.15, -0.1) is 5.54 Å². The van der Waals surface area contributed by atoms with E-state index in [2.05, 4.69) is 120 Å². The molecule has 0 unspecified atom stereocenters. The van der Waals surface area contributed by atoms with Gasteiger partial charge in [0.15, 0.2) is 0 Å². The zero-order chi connectivity index (χ0) is 32.5. The van der Waals surface area contributed by atoms with Gasteiger partial charge < -0.3 is 23.8 Å².